The van der Waals surface area contributed by atoms with Crippen LogP contribution >= 0.6 is 11.3 Å². The van der Waals surface area contributed by atoms with Crippen LogP contribution in [0.25, 0.3) is 5.69 Å². The van der Waals surface area contributed by atoms with E-state index in [1.807, 2.05) is 42.9 Å². The number of benzene rings is 1. The highest BCUT2D eigenvalue weighted by atomic mass is 32.1. The number of para-hydroxylation sites is 1. The summed E-state index contributed by atoms with van der Waals surface area (Å²) in [6.07, 6.45) is 3.76. The summed E-state index contributed by atoms with van der Waals surface area (Å²) in [5.74, 6) is 1.00. The van der Waals surface area contributed by atoms with Crippen LogP contribution in [-0.4, -0.2) is 14.5 Å². The second-order valence-electron chi connectivity index (χ2n) is 4.50. The van der Waals surface area contributed by atoms with E-state index in [-0.39, 0.29) is 0 Å². The maximum Gasteiger partial charge on any atom is 0.110 e. The zero-order valence-corrected chi connectivity index (χ0v) is 12.1. The van der Waals surface area contributed by atoms with Gasteiger partial charge in [0.1, 0.15) is 10.8 Å². The fourth-order valence-electron chi connectivity index (χ4n) is 2.18. The molecule has 3 aromatic rings. The lowest BCUT2D eigenvalue weighted by Crippen LogP contribution is -2.15. The molecule has 0 aliphatic rings. The minimum Gasteiger partial charge on any atom is -0.305 e. The fraction of sp³-hybridized carbons (Fsp3) is 0.200. The van der Waals surface area contributed by atoms with Crippen LogP contribution < -0.4 is 5.32 Å². The predicted molar refractivity (Wildman–Crippen MR) is 81.0 cm³/mol. The van der Waals surface area contributed by atoms with E-state index in [9.17, 15) is 0 Å². The van der Waals surface area contributed by atoms with Gasteiger partial charge in [-0.3, -0.25) is 4.57 Å². The highest BCUT2D eigenvalue weighted by Crippen LogP contribution is 2.14. The van der Waals surface area contributed by atoms with E-state index >= 15 is 0 Å². The molecule has 0 bridgehead atoms. The third-order valence-corrected chi connectivity index (χ3v) is 3.87. The van der Waals surface area contributed by atoms with Crippen LogP contribution in [0, 0.1) is 6.92 Å². The fourth-order valence-corrected chi connectivity index (χ4v) is 2.77. The molecule has 3 rings (SSSR count). The summed E-state index contributed by atoms with van der Waals surface area (Å²) < 4.78 is 2.18. The molecule has 0 unspecified atom stereocenters. The molecule has 0 fully saturated rings. The number of aromatic nitrogens is 3. The predicted octanol–water partition coefficient (Wildman–Crippen LogP) is 2.93. The Morgan fingerprint density at radius 1 is 1.15 bits per heavy atom. The van der Waals surface area contributed by atoms with Crippen LogP contribution in [0.15, 0.2) is 48.1 Å². The first-order chi connectivity index (χ1) is 9.84. The third-order valence-electron chi connectivity index (χ3n) is 3.09. The first kappa shape index (κ1) is 13.0. The molecule has 1 N–H and O–H groups in total. The maximum absolute atomic E-state index is 4.42. The van der Waals surface area contributed by atoms with Gasteiger partial charge >= 0.3 is 0 Å². The Morgan fingerprint density at radius 3 is 2.75 bits per heavy atom. The second kappa shape index (κ2) is 5.98. The number of thiazole rings is 1. The molecule has 0 atom stereocenters. The Morgan fingerprint density at radius 2 is 2.00 bits per heavy atom. The van der Waals surface area contributed by atoms with E-state index in [1.165, 1.54) is 0 Å². The van der Waals surface area contributed by atoms with Crippen molar-refractivity contribution >= 4 is 11.3 Å². The highest BCUT2D eigenvalue weighted by Gasteiger charge is 2.08. The van der Waals surface area contributed by atoms with Crippen molar-refractivity contribution in [2.75, 3.05) is 0 Å². The monoisotopic (exact) mass is 284 g/mol. The van der Waals surface area contributed by atoms with Crippen LogP contribution in [0.3, 0.4) is 0 Å². The van der Waals surface area contributed by atoms with Crippen LogP contribution in [0.2, 0.25) is 0 Å². The standard InChI is InChI=1S/C15H16N4S/c1-12-18-10-14(9-16-11-15-17-7-8-20-15)19(12)13-5-3-2-4-6-13/h2-8,10,16H,9,11H2,1H3. The molecular formula is C15H16N4S. The van der Waals surface area contributed by atoms with Gasteiger partial charge in [0, 0.05) is 30.4 Å². The summed E-state index contributed by atoms with van der Waals surface area (Å²) in [7, 11) is 0. The molecular weight excluding hydrogens is 268 g/mol. The van der Waals surface area contributed by atoms with Crippen molar-refractivity contribution in [2.45, 2.75) is 20.0 Å². The van der Waals surface area contributed by atoms with E-state index in [2.05, 4.69) is 32.0 Å². The first-order valence-electron chi connectivity index (χ1n) is 6.52. The molecule has 0 aliphatic carbocycles. The van der Waals surface area contributed by atoms with Gasteiger partial charge in [0.05, 0.1) is 11.9 Å². The number of aryl methyl sites for hydroxylation is 1. The number of imidazole rings is 1. The number of rotatable bonds is 5. The molecule has 102 valence electrons. The largest absolute Gasteiger partial charge is 0.305 e. The molecule has 0 spiro atoms. The summed E-state index contributed by atoms with van der Waals surface area (Å²) >= 11 is 1.67. The number of nitrogens with one attached hydrogen (secondary N) is 1. The number of hydrogen-bond donors (Lipinski definition) is 1. The zero-order chi connectivity index (χ0) is 13.8. The smallest absolute Gasteiger partial charge is 0.110 e. The van der Waals surface area contributed by atoms with E-state index in [0.29, 0.717) is 0 Å². The van der Waals surface area contributed by atoms with Crippen molar-refractivity contribution in [1.82, 2.24) is 19.9 Å². The molecule has 2 heterocycles. The number of hydrogen-bond acceptors (Lipinski definition) is 4. The summed E-state index contributed by atoms with van der Waals surface area (Å²) in [6, 6.07) is 10.3. The van der Waals surface area contributed by atoms with Gasteiger partial charge in [-0.2, -0.15) is 0 Å². The molecule has 0 amide bonds. The quantitative estimate of drug-likeness (QED) is 0.783. The van der Waals surface area contributed by atoms with Gasteiger partial charge in [0.2, 0.25) is 0 Å². The summed E-state index contributed by atoms with van der Waals surface area (Å²) in [5, 5.41) is 6.51. The topological polar surface area (TPSA) is 42.7 Å². The van der Waals surface area contributed by atoms with Crippen molar-refractivity contribution in [3.63, 3.8) is 0 Å². The molecule has 2 aromatic heterocycles. The SMILES string of the molecule is Cc1ncc(CNCc2nccs2)n1-c1ccccc1. The molecule has 0 radical (unpaired) electrons. The van der Waals surface area contributed by atoms with Gasteiger partial charge in [-0.15, -0.1) is 11.3 Å². The Bertz CT molecular complexity index is 659. The third kappa shape index (κ3) is 2.79. The average Bonchev–Trinajstić information content (AvgIpc) is 3.10. The molecule has 5 heteroatoms. The Labute approximate surface area is 122 Å². The van der Waals surface area contributed by atoms with E-state index in [1.54, 1.807) is 11.3 Å². The van der Waals surface area contributed by atoms with Crippen molar-refractivity contribution in [2.24, 2.45) is 0 Å². The Kier molecular flexibility index (Phi) is 3.90. The highest BCUT2D eigenvalue weighted by molar-refractivity contribution is 7.09. The number of nitrogens with zero attached hydrogens (tertiary/aromatic N) is 3. The molecule has 0 aliphatic heterocycles. The minimum absolute atomic E-state index is 0.773. The van der Waals surface area contributed by atoms with Gasteiger partial charge in [0.15, 0.2) is 0 Å². The van der Waals surface area contributed by atoms with Crippen molar-refractivity contribution in [3.05, 3.63) is 64.6 Å². The van der Waals surface area contributed by atoms with Gasteiger partial charge in [-0.25, -0.2) is 9.97 Å². The zero-order valence-electron chi connectivity index (χ0n) is 11.3. The lowest BCUT2D eigenvalue weighted by Gasteiger charge is -2.10. The Balaban J connectivity index is 1.74. The molecule has 1 aromatic carbocycles. The molecule has 0 saturated carbocycles. The molecule has 4 nitrogen and oxygen atoms in total. The molecule has 20 heavy (non-hydrogen) atoms. The van der Waals surface area contributed by atoms with Crippen LogP contribution in [0.1, 0.15) is 16.5 Å². The Hall–Kier alpha value is -1.98. The summed E-state index contributed by atoms with van der Waals surface area (Å²) in [4.78, 5) is 8.69. The normalized spacial score (nSPS) is 10.8. The average molecular weight is 284 g/mol. The van der Waals surface area contributed by atoms with Gasteiger partial charge in [-0.05, 0) is 19.1 Å². The van der Waals surface area contributed by atoms with Crippen LogP contribution in [0.5, 0.6) is 0 Å². The lowest BCUT2D eigenvalue weighted by atomic mass is 10.3. The maximum atomic E-state index is 4.42. The van der Waals surface area contributed by atoms with Crippen molar-refractivity contribution in [3.8, 4) is 5.69 Å². The summed E-state index contributed by atoms with van der Waals surface area (Å²) in [5.41, 5.74) is 2.30. The van der Waals surface area contributed by atoms with E-state index in [4.69, 9.17) is 0 Å². The van der Waals surface area contributed by atoms with Gasteiger partial charge in [0.25, 0.3) is 0 Å². The summed E-state index contributed by atoms with van der Waals surface area (Å²) in [6.45, 7) is 3.59. The molecule has 0 saturated heterocycles. The van der Waals surface area contributed by atoms with E-state index in [0.717, 1.165) is 35.3 Å². The van der Waals surface area contributed by atoms with Gasteiger partial charge in [-0.1, -0.05) is 18.2 Å². The van der Waals surface area contributed by atoms with Crippen molar-refractivity contribution in [1.29, 1.82) is 0 Å². The lowest BCUT2D eigenvalue weighted by molar-refractivity contribution is 0.664. The minimum atomic E-state index is 0.773. The first-order valence-corrected chi connectivity index (χ1v) is 7.40. The van der Waals surface area contributed by atoms with Gasteiger partial charge < -0.3 is 5.32 Å². The van der Waals surface area contributed by atoms with Crippen molar-refractivity contribution < 1.29 is 0 Å². The second-order valence-corrected chi connectivity index (χ2v) is 5.48. The van der Waals surface area contributed by atoms with Crippen LogP contribution in [0.4, 0.5) is 0 Å². The van der Waals surface area contributed by atoms with Crippen LogP contribution in [-0.2, 0) is 13.1 Å². The van der Waals surface area contributed by atoms with E-state index < -0.39 is 0 Å².